The fourth-order valence-electron chi connectivity index (χ4n) is 2.69. The SMILES string of the molecule is CN1CCC[C@@H](c2ccnc(Nc3ncccn3)c2)C1. The van der Waals surface area contributed by atoms with Gasteiger partial charge >= 0.3 is 0 Å². The summed E-state index contributed by atoms with van der Waals surface area (Å²) in [7, 11) is 2.18. The van der Waals surface area contributed by atoms with E-state index in [9.17, 15) is 0 Å². The molecule has 20 heavy (non-hydrogen) atoms. The largest absolute Gasteiger partial charge is 0.309 e. The third-order valence-corrected chi connectivity index (χ3v) is 3.69. The molecule has 1 fully saturated rings. The summed E-state index contributed by atoms with van der Waals surface area (Å²) in [5.74, 6) is 1.98. The maximum Gasteiger partial charge on any atom is 0.228 e. The molecule has 0 spiro atoms. The topological polar surface area (TPSA) is 53.9 Å². The highest BCUT2D eigenvalue weighted by molar-refractivity contribution is 5.48. The van der Waals surface area contributed by atoms with Gasteiger partial charge in [0.2, 0.25) is 5.95 Å². The number of anilines is 2. The number of hydrogen-bond acceptors (Lipinski definition) is 5. The van der Waals surface area contributed by atoms with E-state index in [1.54, 1.807) is 18.5 Å². The fourth-order valence-corrected chi connectivity index (χ4v) is 2.69. The van der Waals surface area contributed by atoms with Gasteiger partial charge in [0.05, 0.1) is 0 Å². The van der Waals surface area contributed by atoms with Crippen LogP contribution in [0.1, 0.15) is 24.3 Å². The highest BCUT2D eigenvalue weighted by Gasteiger charge is 2.19. The Hall–Kier alpha value is -2.01. The third-order valence-electron chi connectivity index (χ3n) is 3.69. The molecule has 1 saturated heterocycles. The van der Waals surface area contributed by atoms with Crippen LogP contribution in [0.4, 0.5) is 11.8 Å². The molecule has 2 aromatic rings. The van der Waals surface area contributed by atoms with Gasteiger partial charge in [0.25, 0.3) is 0 Å². The van der Waals surface area contributed by atoms with E-state index in [1.807, 2.05) is 6.20 Å². The van der Waals surface area contributed by atoms with Crippen molar-refractivity contribution in [3.8, 4) is 0 Å². The van der Waals surface area contributed by atoms with Crippen molar-refractivity contribution in [1.82, 2.24) is 19.9 Å². The van der Waals surface area contributed by atoms with Crippen molar-refractivity contribution in [2.24, 2.45) is 0 Å². The summed E-state index contributed by atoms with van der Waals surface area (Å²) < 4.78 is 0. The average molecular weight is 269 g/mol. The van der Waals surface area contributed by atoms with Gasteiger partial charge in [-0.05, 0) is 56.1 Å². The van der Waals surface area contributed by atoms with Gasteiger partial charge in [0, 0.05) is 25.1 Å². The predicted octanol–water partition coefficient (Wildman–Crippen LogP) is 2.42. The zero-order valence-electron chi connectivity index (χ0n) is 11.7. The number of rotatable bonds is 3. The van der Waals surface area contributed by atoms with Crippen molar-refractivity contribution in [3.05, 3.63) is 42.4 Å². The molecule has 1 aliphatic heterocycles. The number of likely N-dealkylation sites (N-methyl/N-ethyl adjacent to an activating group) is 1. The summed E-state index contributed by atoms with van der Waals surface area (Å²) >= 11 is 0. The Morgan fingerprint density at radius 1 is 1.20 bits per heavy atom. The minimum Gasteiger partial charge on any atom is -0.309 e. The molecule has 104 valence electrons. The molecule has 0 bridgehead atoms. The van der Waals surface area contributed by atoms with Crippen molar-refractivity contribution >= 4 is 11.8 Å². The summed E-state index contributed by atoms with van der Waals surface area (Å²) in [4.78, 5) is 15.1. The first-order valence-electron chi connectivity index (χ1n) is 7.00. The number of likely N-dealkylation sites (tertiary alicyclic amines) is 1. The van der Waals surface area contributed by atoms with E-state index in [-0.39, 0.29) is 0 Å². The smallest absolute Gasteiger partial charge is 0.228 e. The monoisotopic (exact) mass is 269 g/mol. The van der Waals surface area contributed by atoms with Crippen LogP contribution in [-0.2, 0) is 0 Å². The van der Waals surface area contributed by atoms with Crippen LogP contribution in [0, 0.1) is 0 Å². The second-order valence-corrected chi connectivity index (χ2v) is 5.27. The van der Waals surface area contributed by atoms with E-state index >= 15 is 0 Å². The molecule has 1 atom stereocenters. The van der Waals surface area contributed by atoms with E-state index in [0.29, 0.717) is 11.9 Å². The second-order valence-electron chi connectivity index (χ2n) is 5.27. The van der Waals surface area contributed by atoms with Crippen LogP contribution in [0.15, 0.2) is 36.8 Å². The van der Waals surface area contributed by atoms with Crippen LogP contribution in [0.5, 0.6) is 0 Å². The van der Waals surface area contributed by atoms with Gasteiger partial charge in [-0.3, -0.25) is 0 Å². The van der Waals surface area contributed by atoms with Crippen LogP contribution < -0.4 is 5.32 Å². The third kappa shape index (κ3) is 3.11. The van der Waals surface area contributed by atoms with Gasteiger partial charge in [-0.15, -0.1) is 0 Å². The van der Waals surface area contributed by atoms with Gasteiger partial charge < -0.3 is 10.2 Å². The second kappa shape index (κ2) is 5.96. The molecular weight excluding hydrogens is 250 g/mol. The number of nitrogens with one attached hydrogen (secondary N) is 1. The molecule has 0 aliphatic carbocycles. The molecule has 0 amide bonds. The highest BCUT2D eigenvalue weighted by atomic mass is 15.1. The molecule has 5 nitrogen and oxygen atoms in total. The Labute approximate surface area is 119 Å². The standard InChI is InChI=1S/C15H19N5/c1-20-9-2-4-13(11-20)12-5-8-16-14(10-12)19-15-17-6-3-7-18-15/h3,5-8,10,13H,2,4,9,11H2,1H3,(H,16,17,18,19)/t13-/m1/s1. The van der Waals surface area contributed by atoms with Crippen LogP contribution in [-0.4, -0.2) is 40.0 Å². The number of pyridine rings is 1. The lowest BCUT2D eigenvalue weighted by Gasteiger charge is -2.30. The molecule has 1 N–H and O–H groups in total. The average Bonchev–Trinajstić information content (AvgIpc) is 2.49. The van der Waals surface area contributed by atoms with E-state index < -0.39 is 0 Å². The molecule has 2 aromatic heterocycles. The van der Waals surface area contributed by atoms with Crippen molar-refractivity contribution in [1.29, 1.82) is 0 Å². The summed E-state index contributed by atoms with van der Waals surface area (Å²) in [5.41, 5.74) is 1.34. The lowest BCUT2D eigenvalue weighted by Crippen LogP contribution is -2.30. The first kappa shape index (κ1) is 13.0. The van der Waals surface area contributed by atoms with Crippen molar-refractivity contribution in [2.75, 3.05) is 25.5 Å². The van der Waals surface area contributed by atoms with E-state index in [0.717, 1.165) is 12.4 Å². The lowest BCUT2D eigenvalue weighted by molar-refractivity contribution is 0.251. The first-order valence-corrected chi connectivity index (χ1v) is 7.00. The molecule has 0 saturated carbocycles. The first-order chi connectivity index (χ1) is 9.81. The Bertz CT molecular complexity index is 557. The van der Waals surface area contributed by atoms with Crippen LogP contribution in [0.2, 0.25) is 0 Å². The maximum atomic E-state index is 4.34. The Morgan fingerprint density at radius 2 is 2.05 bits per heavy atom. The lowest BCUT2D eigenvalue weighted by atomic mass is 9.91. The molecule has 0 aromatic carbocycles. The van der Waals surface area contributed by atoms with E-state index in [2.05, 4.69) is 44.3 Å². The van der Waals surface area contributed by atoms with Crippen LogP contribution >= 0.6 is 0 Å². The molecule has 5 heteroatoms. The van der Waals surface area contributed by atoms with Crippen molar-refractivity contribution in [3.63, 3.8) is 0 Å². The van der Waals surface area contributed by atoms with Gasteiger partial charge in [-0.25, -0.2) is 15.0 Å². The number of aromatic nitrogens is 3. The summed E-state index contributed by atoms with van der Waals surface area (Å²) in [6.45, 7) is 2.32. The molecule has 3 rings (SSSR count). The molecule has 0 radical (unpaired) electrons. The molecule has 1 aliphatic rings. The highest BCUT2D eigenvalue weighted by Crippen LogP contribution is 2.27. The van der Waals surface area contributed by atoms with E-state index in [1.165, 1.54) is 24.9 Å². The quantitative estimate of drug-likeness (QED) is 0.927. The summed E-state index contributed by atoms with van der Waals surface area (Å²) in [6, 6.07) is 6.02. The Morgan fingerprint density at radius 3 is 2.85 bits per heavy atom. The van der Waals surface area contributed by atoms with Gasteiger partial charge in [-0.2, -0.15) is 0 Å². The maximum absolute atomic E-state index is 4.34. The Balaban J connectivity index is 1.75. The van der Waals surface area contributed by atoms with Gasteiger partial charge in [-0.1, -0.05) is 0 Å². The van der Waals surface area contributed by atoms with Crippen LogP contribution in [0.25, 0.3) is 0 Å². The molecular formula is C15H19N5. The number of hydrogen-bond donors (Lipinski definition) is 1. The zero-order valence-corrected chi connectivity index (χ0v) is 11.7. The fraction of sp³-hybridized carbons (Fsp3) is 0.400. The summed E-state index contributed by atoms with van der Waals surface area (Å²) in [5, 5.41) is 3.15. The molecule has 0 unspecified atom stereocenters. The molecule has 3 heterocycles. The minimum absolute atomic E-state index is 0.581. The number of piperidine rings is 1. The van der Waals surface area contributed by atoms with Crippen LogP contribution in [0.3, 0.4) is 0 Å². The normalized spacial score (nSPS) is 19.8. The zero-order chi connectivity index (χ0) is 13.8. The van der Waals surface area contributed by atoms with Crippen molar-refractivity contribution < 1.29 is 0 Å². The minimum atomic E-state index is 0.581. The Kier molecular flexibility index (Phi) is 3.87. The van der Waals surface area contributed by atoms with E-state index in [4.69, 9.17) is 0 Å². The van der Waals surface area contributed by atoms with Crippen molar-refractivity contribution in [2.45, 2.75) is 18.8 Å². The van der Waals surface area contributed by atoms with Gasteiger partial charge in [0.15, 0.2) is 0 Å². The van der Waals surface area contributed by atoms with Gasteiger partial charge in [0.1, 0.15) is 5.82 Å². The predicted molar refractivity (Wildman–Crippen MR) is 79.0 cm³/mol. The summed E-state index contributed by atoms with van der Waals surface area (Å²) in [6.07, 6.45) is 7.80. The number of nitrogens with zero attached hydrogens (tertiary/aromatic N) is 4.